The maximum absolute atomic E-state index is 11.6. The van der Waals surface area contributed by atoms with Crippen LogP contribution in [0.5, 0.6) is 5.75 Å². The third-order valence-corrected chi connectivity index (χ3v) is 2.18. The molecular weight excluding hydrogens is 230 g/mol. The molecule has 1 rings (SSSR count). The van der Waals surface area contributed by atoms with Crippen LogP contribution in [0.25, 0.3) is 0 Å². The molecule has 5 nitrogen and oxygen atoms in total. The smallest absolute Gasteiger partial charge is 0.241 e. The van der Waals surface area contributed by atoms with Gasteiger partial charge < -0.3 is 15.8 Å². The zero-order valence-electron chi connectivity index (χ0n) is 9.93. The molecular formula is C13H15N3O2. The van der Waals surface area contributed by atoms with Crippen LogP contribution in [0.15, 0.2) is 36.9 Å². The number of nitrogens with one attached hydrogen (secondary N) is 1. The van der Waals surface area contributed by atoms with Gasteiger partial charge in [0.1, 0.15) is 11.8 Å². The van der Waals surface area contributed by atoms with Crippen molar-refractivity contribution >= 4 is 11.6 Å². The molecule has 0 bridgehead atoms. The van der Waals surface area contributed by atoms with Crippen molar-refractivity contribution in [2.45, 2.75) is 12.5 Å². The second kappa shape index (κ2) is 7.09. The number of nitriles is 1. The number of hydrogen-bond donors (Lipinski definition) is 2. The van der Waals surface area contributed by atoms with Crippen molar-refractivity contribution in [2.75, 3.05) is 11.9 Å². The largest absolute Gasteiger partial charge is 0.479 e. The Balaban J connectivity index is 2.55. The van der Waals surface area contributed by atoms with Crippen molar-refractivity contribution in [1.29, 1.82) is 5.26 Å². The average molecular weight is 245 g/mol. The maximum atomic E-state index is 11.6. The van der Waals surface area contributed by atoms with E-state index in [1.165, 1.54) is 0 Å². The molecule has 0 spiro atoms. The molecule has 5 heteroatoms. The normalized spacial score (nSPS) is 11.1. The lowest BCUT2D eigenvalue weighted by Crippen LogP contribution is -2.34. The lowest BCUT2D eigenvalue weighted by Gasteiger charge is -2.10. The summed E-state index contributed by atoms with van der Waals surface area (Å²) in [5, 5.41) is 11.0. The van der Waals surface area contributed by atoms with Crippen molar-refractivity contribution in [3.05, 3.63) is 36.9 Å². The number of hydrogen-bond acceptors (Lipinski definition) is 4. The van der Waals surface area contributed by atoms with E-state index >= 15 is 0 Å². The molecule has 1 amide bonds. The summed E-state index contributed by atoms with van der Waals surface area (Å²) in [5.41, 5.74) is 6.26. The van der Waals surface area contributed by atoms with E-state index in [9.17, 15) is 4.79 Å². The molecule has 0 aliphatic rings. The van der Waals surface area contributed by atoms with Crippen molar-refractivity contribution in [3.63, 3.8) is 0 Å². The van der Waals surface area contributed by atoms with E-state index < -0.39 is 6.04 Å². The first-order valence-electron chi connectivity index (χ1n) is 5.44. The van der Waals surface area contributed by atoms with E-state index in [1.54, 1.807) is 30.3 Å². The van der Waals surface area contributed by atoms with Gasteiger partial charge in [0, 0.05) is 5.69 Å². The minimum atomic E-state index is -0.600. The first-order valence-corrected chi connectivity index (χ1v) is 5.44. The minimum Gasteiger partial charge on any atom is -0.479 e. The Kier molecular flexibility index (Phi) is 5.42. The first kappa shape index (κ1) is 13.7. The number of rotatable bonds is 6. The van der Waals surface area contributed by atoms with Crippen molar-refractivity contribution in [2.24, 2.45) is 5.73 Å². The molecule has 1 atom stereocenters. The third kappa shape index (κ3) is 4.28. The zero-order valence-corrected chi connectivity index (χ0v) is 9.93. The Morgan fingerprint density at radius 2 is 2.22 bits per heavy atom. The minimum absolute atomic E-state index is 0.00405. The SMILES string of the molecule is C=CCC(N)C(=O)Nc1ccc(OCC#N)cc1. The summed E-state index contributed by atoms with van der Waals surface area (Å²) in [6, 6.07) is 7.99. The van der Waals surface area contributed by atoms with E-state index in [0.29, 0.717) is 17.9 Å². The average Bonchev–Trinajstić information content (AvgIpc) is 2.38. The van der Waals surface area contributed by atoms with Crippen molar-refractivity contribution in [3.8, 4) is 11.8 Å². The Bertz CT molecular complexity index is 448. The van der Waals surface area contributed by atoms with Gasteiger partial charge in [0.15, 0.2) is 6.61 Å². The molecule has 94 valence electrons. The van der Waals surface area contributed by atoms with Crippen LogP contribution in [0.4, 0.5) is 5.69 Å². The van der Waals surface area contributed by atoms with Gasteiger partial charge in [0.05, 0.1) is 6.04 Å². The van der Waals surface area contributed by atoms with Crippen molar-refractivity contribution < 1.29 is 9.53 Å². The highest BCUT2D eigenvalue weighted by molar-refractivity contribution is 5.94. The highest BCUT2D eigenvalue weighted by Crippen LogP contribution is 2.15. The molecule has 0 radical (unpaired) electrons. The summed E-state index contributed by atoms with van der Waals surface area (Å²) in [4.78, 5) is 11.6. The van der Waals surface area contributed by atoms with Gasteiger partial charge in [-0.2, -0.15) is 5.26 Å². The van der Waals surface area contributed by atoms with Crippen LogP contribution in [0, 0.1) is 11.3 Å². The fourth-order valence-corrected chi connectivity index (χ4v) is 1.27. The Hall–Kier alpha value is -2.32. The van der Waals surface area contributed by atoms with E-state index in [0.717, 1.165) is 0 Å². The molecule has 0 fully saturated rings. The van der Waals surface area contributed by atoms with Crippen LogP contribution < -0.4 is 15.8 Å². The fourth-order valence-electron chi connectivity index (χ4n) is 1.27. The van der Waals surface area contributed by atoms with Crippen LogP contribution in [-0.4, -0.2) is 18.6 Å². The fraction of sp³-hybridized carbons (Fsp3) is 0.231. The van der Waals surface area contributed by atoms with E-state index in [4.69, 9.17) is 15.7 Å². The zero-order chi connectivity index (χ0) is 13.4. The van der Waals surface area contributed by atoms with Crippen LogP contribution >= 0.6 is 0 Å². The Morgan fingerprint density at radius 1 is 1.56 bits per heavy atom. The van der Waals surface area contributed by atoms with Crippen LogP contribution in [0.2, 0.25) is 0 Å². The van der Waals surface area contributed by atoms with Crippen LogP contribution in [-0.2, 0) is 4.79 Å². The molecule has 0 heterocycles. The van der Waals surface area contributed by atoms with Gasteiger partial charge in [0.2, 0.25) is 5.91 Å². The monoisotopic (exact) mass is 245 g/mol. The molecule has 18 heavy (non-hydrogen) atoms. The molecule has 0 saturated heterocycles. The Labute approximate surface area is 106 Å². The summed E-state index contributed by atoms with van der Waals surface area (Å²) in [6.45, 7) is 3.52. The summed E-state index contributed by atoms with van der Waals surface area (Å²) in [5.74, 6) is 0.311. The molecule has 0 aliphatic carbocycles. The van der Waals surface area contributed by atoms with Gasteiger partial charge in [0.25, 0.3) is 0 Å². The van der Waals surface area contributed by atoms with Gasteiger partial charge in [-0.3, -0.25) is 4.79 Å². The molecule has 0 saturated carbocycles. The molecule has 1 aromatic carbocycles. The van der Waals surface area contributed by atoms with Gasteiger partial charge in [-0.25, -0.2) is 0 Å². The van der Waals surface area contributed by atoms with Gasteiger partial charge >= 0.3 is 0 Å². The summed E-state index contributed by atoms with van der Waals surface area (Å²) in [6.07, 6.45) is 2.03. The first-order chi connectivity index (χ1) is 8.67. The van der Waals surface area contributed by atoms with Gasteiger partial charge in [-0.05, 0) is 30.7 Å². The number of nitrogens with two attached hydrogens (primary N) is 1. The summed E-state index contributed by atoms with van der Waals surface area (Å²) >= 11 is 0. The third-order valence-electron chi connectivity index (χ3n) is 2.18. The maximum Gasteiger partial charge on any atom is 0.241 e. The number of amides is 1. The lowest BCUT2D eigenvalue weighted by molar-refractivity contribution is -0.117. The number of benzene rings is 1. The standard InChI is InChI=1S/C13H15N3O2/c1-2-3-12(15)13(17)16-10-4-6-11(7-5-10)18-9-8-14/h2,4-7,12H,1,3,9,15H2,(H,16,17). The highest BCUT2D eigenvalue weighted by atomic mass is 16.5. The summed E-state index contributed by atoms with van der Waals surface area (Å²) in [7, 11) is 0. The number of ether oxygens (including phenoxy) is 1. The quantitative estimate of drug-likeness (QED) is 0.742. The van der Waals surface area contributed by atoms with E-state index in [2.05, 4.69) is 11.9 Å². The summed E-state index contributed by atoms with van der Waals surface area (Å²) < 4.78 is 5.09. The van der Waals surface area contributed by atoms with Crippen molar-refractivity contribution in [1.82, 2.24) is 0 Å². The van der Waals surface area contributed by atoms with E-state index in [-0.39, 0.29) is 12.5 Å². The molecule has 1 aromatic rings. The number of nitrogens with zero attached hydrogens (tertiary/aromatic N) is 1. The highest BCUT2D eigenvalue weighted by Gasteiger charge is 2.11. The van der Waals surface area contributed by atoms with Gasteiger partial charge in [-0.1, -0.05) is 6.08 Å². The second-order valence-electron chi connectivity index (χ2n) is 3.59. The number of anilines is 1. The predicted molar refractivity (Wildman–Crippen MR) is 69.0 cm³/mol. The Morgan fingerprint density at radius 3 is 2.78 bits per heavy atom. The number of carbonyl (C=O) groups is 1. The van der Waals surface area contributed by atoms with Crippen LogP contribution in [0.3, 0.4) is 0 Å². The molecule has 3 N–H and O–H groups in total. The van der Waals surface area contributed by atoms with Gasteiger partial charge in [-0.15, -0.1) is 6.58 Å². The molecule has 1 unspecified atom stereocenters. The molecule has 0 aliphatic heterocycles. The lowest BCUT2D eigenvalue weighted by atomic mass is 10.2. The second-order valence-corrected chi connectivity index (χ2v) is 3.59. The van der Waals surface area contributed by atoms with Crippen LogP contribution in [0.1, 0.15) is 6.42 Å². The number of carbonyl (C=O) groups excluding carboxylic acids is 1. The predicted octanol–water partition coefficient (Wildman–Crippen LogP) is 1.43. The van der Waals surface area contributed by atoms with E-state index in [1.807, 2.05) is 6.07 Å². The topological polar surface area (TPSA) is 88.1 Å². The molecule has 0 aromatic heterocycles.